The Balaban J connectivity index is 1.93. The minimum atomic E-state index is -4.21. The Morgan fingerprint density at radius 1 is 0.968 bits per heavy atom. The second-order valence-corrected chi connectivity index (χ2v) is 9.68. The predicted octanol–water partition coefficient (Wildman–Crippen LogP) is 5.20. The van der Waals surface area contributed by atoms with Gasteiger partial charge in [0.05, 0.1) is 4.90 Å². The van der Waals surface area contributed by atoms with Crippen molar-refractivity contribution in [2.24, 2.45) is 0 Å². The van der Waals surface area contributed by atoms with E-state index in [4.69, 9.17) is 16.3 Å². The molecule has 1 aliphatic rings. The summed E-state index contributed by atoms with van der Waals surface area (Å²) in [6.45, 7) is 3.67. The van der Waals surface area contributed by atoms with Gasteiger partial charge in [-0.1, -0.05) is 84.8 Å². The average molecular weight is 456 g/mol. The maximum Gasteiger partial charge on any atom is 0.275 e. The quantitative estimate of drug-likeness (QED) is 0.530. The van der Waals surface area contributed by atoms with Crippen LogP contribution in [0.2, 0.25) is 5.02 Å². The number of benzene rings is 3. The molecular weight excluding hydrogens is 434 g/mol. The lowest BCUT2D eigenvalue weighted by Crippen LogP contribution is -2.41. The van der Waals surface area contributed by atoms with E-state index in [2.05, 4.69) is 0 Å². The minimum absolute atomic E-state index is 0.0204. The van der Waals surface area contributed by atoms with Crippen LogP contribution in [0.25, 0.3) is 0 Å². The number of sulfonamides is 1. The normalized spacial score (nSPS) is 21.5. The molecule has 0 spiro atoms. The fraction of sp³-hybridized carbons (Fsp3) is 0.208. The summed E-state index contributed by atoms with van der Waals surface area (Å²) in [5.41, 5.74) is 0.487. The summed E-state index contributed by atoms with van der Waals surface area (Å²) in [5, 5.41) is 0.323. The van der Waals surface area contributed by atoms with Crippen LogP contribution >= 0.6 is 11.6 Å². The zero-order valence-electron chi connectivity index (χ0n) is 17.2. The molecule has 0 aliphatic carbocycles. The Labute approximate surface area is 187 Å². The lowest BCUT2D eigenvalue weighted by Gasteiger charge is -2.25. The molecule has 0 unspecified atom stereocenters. The molecule has 1 aliphatic heterocycles. The van der Waals surface area contributed by atoms with Gasteiger partial charge < -0.3 is 4.74 Å². The molecule has 3 aromatic rings. The predicted molar refractivity (Wildman–Crippen MR) is 119 cm³/mol. The molecule has 2 atom stereocenters. The van der Waals surface area contributed by atoms with Gasteiger partial charge in [0, 0.05) is 10.6 Å². The summed E-state index contributed by atoms with van der Waals surface area (Å²) >= 11 is 6.40. The molecule has 0 radical (unpaired) electrons. The first-order valence-corrected chi connectivity index (χ1v) is 11.8. The van der Waals surface area contributed by atoms with Crippen LogP contribution in [0, 0.1) is 6.92 Å². The maximum absolute atomic E-state index is 13.8. The number of nitrogens with zero attached hydrogens (tertiary/aromatic N) is 1. The smallest absolute Gasteiger partial charge is 0.275 e. The van der Waals surface area contributed by atoms with Crippen molar-refractivity contribution in [3.05, 3.63) is 101 Å². The standard InChI is InChI=1S/C24H22ClNO4S/c1-3-24(18-9-5-4-6-10-18)23(27)26(22(30-24)20-11-7-8-12-21(20)25)31(28,29)19-15-13-17(2)14-16-19/h4-16,22H,3H2,1-2H3/t22-,24+/m1/s1. The molecule has 3 aromatic carbocycles. The summed E-state index contributed by atoms with van der Waals surface area (Å²) in [5.74, 6) is -0.633. The van der Waals surface area contributed by atoms with Gasteiger partial charge in [-0.2, -0.15) is 0 Å². The highest BCUT2D eigenvalue weighted by Gasteiger charge is 2.58. The number of aryl methyl sites for hydroxylation is 1. The van der Waals surface area contributed by atoms with Crippen molar-refractivity contribution in [3.63, 3.8) is 0 Å². The molecule has 31 heavy (non-hydrogen) atoms. The summed E-state index contributed by atoms with van der Waals surface area (Å²) in [4.78, 5) is 13.8. The van der Waals surface area contributed by atoms with Crippen LogP contribution in [0.1, 0.15) is 36.3 Å². The zero-order valence-corrected chi connectivity index (χ0v) is 18.7. The lowest BCUT2D eigenvalue weighted by molar-refractivity contribution is -0.137. The van der Waals surface area contributed by atoms with E-state index in [1.165, 1.54) is 12.1 Å². The summed E-state index contributed by atoms with van der Waals surface area (Å²) in [7, 11) is -4.21. The molecule has 0 saturated carbocycles. The van der Waals surface area contributed by atoms with Crippen molar-refractivity contribution >= 4 is 27.5 Å². The van der Waals surface area contributed by atoms with Gasteiger partial charge in [0.25, 0.3) is 15.9 Å². The fourth-order valence-corrected chi connectivity index (χ4v) is 5.55. The first-order chi connectivity index (χ1) is 14.8. The number of carbonyl (C=O) groups is 1. The number of carbonyl (C=O) groups excluding carboxylic acids is 1. The van der Waals surface area contributed by atoms with Gasteiger partial charge in [0.1, 0.15) is 0 Å². The van der Waals surface area contributed by atoms with Crippen LogP contribution < -0.4 is 0 Å². The van der Waals surface area contributed by atoms with E-state index >= 15 is 0 Å². The Morgan fingerprint density at radius 3 is 2.19 bits per heavy atom. The maximum atomic E-state index is 13.8. The first-order valence-electron chi connectivity index (χ1n) is 9.94. The van der Waals surface area contributed by atoms with Crippen molar-refractivity contribution < 1.29 is 17.9 Å². The summed E-state index contributed by atoms with van der Waals surface area (Å²) < 4.78 is 34.5. The van der Waals surface area contributed by atoms with Crippen molar-refractivity contribution in [1.29, 1.82) is 0 Å². The third-order valence-corrected chi connectivity index (χ3v) is 7.65. The van der Waals surface area contributed by atoms with Crippen LogP contribution in [-0.4, -0.2) is 18.6 Å². The van der Waals surface area contributed by atoms with Crippen molar-refractivity contribution in [1.82, 2.24) is 4.31 Å². The van der Waals surface area contributed by atoms with Gasteiger partial charge in [0.15, 0.2) is 11.8 Å². The lowest BCUT2D eigenvalue weighted by atomic mass is 9.90. The number of hydrogen-bond donors (Lipinski definition) is 0. The molecule has 4 rings (SSSR count). The van der Waals surface area contributed by atoms with Crippen LogP contribution in [0.15, 0.2) is 83.8 Å². The van der Waals surface area contributed by atoms with E-state index in [0.29, 0.717) is 16.1 Å². The molecule has 1 fully saturated rings. The van der Waals surface area contributed by atoms with Gasteiger partial charge in [-0.25, -0.2) is 12.7 Å². The Hall–Kier alpha value is -2.67. The topological polar surface area (TPSA) is 63.7 Å². The number of hydrogen-bond acceptors (Lipinski definition) is 4. The largest absolute Gasteiger partial charge is 0.332 e. The molecule has 7 heteroatoms. The van der Waals surface area contributed by atoms with Crippen molar-refractivity contribution in [2.45, 2.75) is 37.0 Å². The van der Waals surface area contributed by atoms with E-state index in [-0.39, 0.29) is 11.3 Å². The molecule has 1 amide bonds. The molecule has 0 aromatic heterocycles. The molecule has 1 heterocycles. The van der Waals surface area contributed by atoms with Crippen LogP contribution in [0.5, 0.6) is 0 Å². The number of rotatable bonds is 5. The van der Waals surface area contributed by atoms with Crippen molar-refractivity contribution in [3.8, 4) is 0 Å². The van der Waals surface area contributed by atoms with Gasteiger partial charge in [-0.3, -0.25) is 4.79 Å². The molecule has 1 saturated heterocycles. The second kappa shape index (κ2) is 8.11. The highest BCUT2D eigenvalue weighted by molar-refractivity contribution is 7.89. The third kappa shape index (κ3) is 3.55. The monoisotopic (exact) mass is 455 g/mol. The summed E-state index contributed by atoms with van der Waals surface area (Å²) in [6, 6.07) is 22.2. The Morgan fingerprint density at radius 2 is 1.58 bits per heavy atom. The van der Waals surface area contributed by atoms with Crippen molar-refractivity contribution in [2.75, 3.05) is 0 Å². The summed E-state index contributed by atoms with van der Waals surface area (Å²) in [6.07, 6.45) is -0.927. The van der Waals surface area contributed by atoms with E-state index in [1.54, 1.807) is 67.6 Å². The van der Waals surface area contributed by atoms with Crippen LogP contribution in [-0.2, 0) is 25.2 Å². The molecule has 160 valence electrons. The first kappa shape index (κ1) is 21.6. The minimum Gasteiger partial charge on any atom is -0.332 e. The van der Waals surface area contributed by atoms with E-state index in [0.717, 1.165) is 9.87 Å². The van der Waals surface area contributed by atoms with Gasteiger partial charge in [-0.15, -0.1) is 0 Å². The molecule has 5 nitrogen and oxygen atoms in total. The van der Waals surface area contributed by atoms with E-state index in [1.807, 2.05) is 13.0 Å². The molecule has 0 bridgehead atoms. The van der Waals surface area contributed by atoms with E-state index in [9.17, 15) is 13.2 Å². The second-order valence-electron chi connectivity index (χ2n) is 7.46. The SMILES string of the molecule is CC[C@@]1(c2ccccc2)O[C@H](c2ccccc2Cl)N(S(=O)(=O)c2ccc(C)cc2)C1=O. The number of amides is 1. The average Bonchev–Trinajstić information content (AvgIpc) is 3.09. The van der Waals surface area contributed by atoms with Gasteiger partial charge in [0.2, 0.25) is 0 Å². The Kier molecular flexibility index (Phi) is 5.64. The van der Waals surface area contributed by atoms with Crippen LogP contribution in [0.3, 0.4) is 0 Å². The number of halogens is 1. The zero-order chi connectivity index (χ0) is 22.2. The third-order valence-electron chi connectivity index (χ3n) is 5.56. The number of ether oxygens (including phenoxy) is 1. The molecule has 0 N–H and O–H groups in total. The van der Waals surface area contributed by atoms with Gasteiger partial charge >= 0.3 is 0 Å². The van der Waals surface area contributed by atoms with E-state index < -0.39 is 27.8 Å². The van der Waals surface area contributed by atoms with Crippen LogP contribution in [0.4, 0.5) is 0 Å². The Bertz CT molecular complexity index is 1210. The molecular formula is C24H22ClNO4S. The highest BCUT2D eigenvalue weighted by atomic mass is 35.5. The fourth-order valence-electron chi connectivity index (χ4n) is 3.84. The highest BCUT2D eigenvalue weighted by Crippen LogP contribution is 2.48. The van der Waals surface area contributed by atoms with Gasteiger partial charge in [-0.05, 0) is 37.1 Å².